The second kappa shape index (κ2) is 8.40. The number of hydrogen-bond acceptors (Lipinski definition) is 3. The average Bonchev–Trinajstić information content (AvgIpc) is 2.88. The molecule has 1 aromatic rings. The summed E-state index contributed by atoms with van der Waals surface area (Å²) in [6, 6.07) is 10.8. The van der Waals surface area contributed by atoms with Crippen LogP contribution in [0.1, 0.15) is 37.7 Å². The topological polar surface area (TPSA) is 30.5 Å². The van der Waals surface area contributed by atoms with Crippen LogP contribution in [0.2, 0.25) is 0 Å². The first kappa shape index (κ1) is 15.5. The summed E-state index contributed by atoms with van der Waals surface area (Å²) in [6.07, 6.45) is 4.34. The summed E-state index contributed by atoms with van der Waals surface area (Å²) >= 11 is 0. The molecule has 20 heavy (non-hydrogen) atoms. The molecule has 1 aliphatic rings. The number of nitrogens with one attached hydrogen (secondary N) is 1. The predicted octanol–water partition coefficient (Wildman–Crippen LogP) is 2.96. The van der Waals surface area contributed by atoms with Gasteiger partial charge in [-0.15, -0.1) is 0 Å². The van der Waals surface area contributed by atoms with Gasteiger partial charge in [-0.05, 0) is 37.7 Å². The van der Waals surface area contributed by atoms with Crippen molar-refractivity contribution in [2.45, 2.75) is 44.3 Å². The molecule has 112 valence electrons. The van der Waals surface area contributed by atoms with Gasteiger partial charge in [0.25, 0.3) is 0 Å². The van der Waals surface area contributed by atoms with E-state index in [1.165, 1.54) is 18.4 Å². The van der Waals surface area contributed by atoms with Crippen LogP contribution in [0.4, 0.5) is 0 Å². The van der Waals surface area contributed by atoms with Crippen LogP contribution in [0.3, 0.4) is 0 Å². The van der Waals surface area contributed by atoms with E-state index in [1.807, 2.05) is 0 Å². The molecule has 3 unspecified atom stereocenters. The Morgan fingerprint density at radius 3 is 2.75 bits per heavy atom. The van der Waals surface area contributed by atoms with Gasteiger partial charge in [0.15, 0.2) is 0 Å². The van der Waals surface area contributed by atoms with Crippen LogP contribution >= 0.6 is 0 Å². The highest BCUT2D eigenvalue weighted by atomic mass is 16.5. The molecule has 0 amide bonds. The molecule has 1 aliphatic heterocycles. The summed E-state index contributed by atoms with van der Waals surface area (Å²) in [5.41, 5.74) is 1.40. The lowest BCUT2D eigenvalue weighted by atomic mass is 9.92. The summed E-state index contributed by atoms with van der Waals surface area (Å²) in [7, 11) is 1.74. The van der Waals surface area contributed by atoms with Crippen LogP contribution < -0.4 is 5.32 Å². The van der Waals surface area contributed by atoms with E-state index in [0.29, 0.717) is 18.1 Å². The molecule has 1 N–H and O–H groups in total. The SMILES string of the molecule is COCCNCC(CC1CCC(C)O1)c1ccccc1. The van der Waals surface area contributed by atoms with E-state index in [9.17, 15) is 0 Å². The molecule has 0 aliphatic carbocycles. The van der Waals surface area contributed by atoms with Gasteiger partial charge in [-0.3, -0.25) is 0 Å². The average molecular weight is 277 g/mol. The van der Waals surface area contributed by atoms with Crippen LogP contribution in [0.25, 0.3) is 0 Å². The van der Waals surface area contributed by atoms with Crippen LogP contribution in [0.15, 0.2) is 30.3 Å². The van der Waals surface area contributed by atoms with Crippen LogP contribution in [0, 0.1) is 0 Å². The highest BCUT2D eigenvalue weighted by Crippen LogP contribution is 2.29. The highest BCUT2D eigenvalue weighted by molar-refractivity contribution is 5.20. The molecule has 0 aromatic heterocycles. The van der Waals surface area contributed by atoms with Crippen molar-refractivity contribution >= 4 is 0 Å². The minimum Gasteiger partial charge on any atom is -0.383 e. The molecule has 1 aromatic carbocycles. The van der Waals surface area contributed by atoms with Crippen molar-refractivity contribution < 1.29 is 9.47 Å². The van der Waals surface area contributed by atoms with E-state index in [-0.39, 0.29) is 0 Å². The third-order valence-electron chi connectivity index (χ3n) is 4.01. The molecule has 0 saturated carbocycles. The molecule has 0 spiro atoms. The molecular formula is C17H27NO2. The molecule has 2 rings (SSSR count). The molecule has 3 nitrogen and oxygen atoms in total. The number of methoxy groups -OCH3 is 1. The number of benzene rings is 1. The maximum absolute atomic E-state index is 5.99. The quantitative estimate of drug-likeness (QED) is 0.741. The summed E-state index contributed by atoms with van der Waals surface area (Å²) in [6.45, 7) is 4.83. The molecule has 3 heteroatoms. The Bertz CT molecular complexity index is 369. The van der Waals surface area contributed by atoms with E-state index in [2.05, 4.69) is 42.6 Å². The normalized spacial score (nSPS) is 23.9. The summed E-state index contributed by atoms with van der Waals surface area (Å²) < 4.78 is 11.1. The van der Waals surface area contributed by atoms with Crippen molar-refractivity contribution in [1.29, 1.82) is 0 Å². The minimum absolute atomic E-state index is 0.416. The lowest BCUT2D eigenvalue weighted by Crippen LogP contribution is -2.27. The van der Waals surface area contributed by atoms with Crippen molar-refractivity contribution in [3.8, 4) is 0 Å². The number of ether oxygens (including phenoxy) is 2. The maximum Gasteiger partial charge on any atom is 0.0587 e. The first-order valence-corrected chi connectivity index (χ1v) is 7.69. The van der Waals surface area contributed by atoms with E-state index in [4.69, 9.17) is 9.47 Å². The molecular weight excluding hydrogens is 250 g/mol. The van der Waals surface area contributed by atoms with Crippen molar-refractivity contribution in [3.05, 3.63) is 35.9 Å². The Morgan fingerprint density at radius 1 is 1.30 bits per heavy atom. The fourth-order valence-electron chi connectivity index (χ4n) is 2.89. The Morgan fingerprint density at radius 2 is 2.10 bits per heavy atom. The molecule has 1 fully saturated rings. The fraction of sp³-hybridized carbons (Fsp3) is 0.647. The van der Waals surface area contributed by atoms with Crippen molar-refractivity contribution in [1.82, 2.24) is 5.32 Å². The van der Waals surface area contributed by atoms with Gasteiger partial charge in [-0.25, -0.2) is 0 Å². The number of rotatable bonds is 8. The lowest BCUT2D eigenvalue weighted by molar-refractivity contribution is 0.0465. The third-order valence-corrected chi connectivity index (χ3v) is 4.01. The van der Waals surface area contributed by atoms with Crippen molar-refractivity contribution in [2.24, 2.45) is 0 Å². The summed E-state index contributed by atoms with van der Waals surface area (Å²) in [5, 5.41) is 3.49. The van der Waals surface area contributed by atoms with Gasteiger partial charge in [0.05, 0.1) is 18.8 Å². The first-order valence-electron chi connectivity index (χ1n) is 7.69. The van der Waals surface area contributed by atoms with Crippen LogP contribution in [-0.4, -0.2) is 39.0 Å². The summed E-state index contributed by atoms with van der Waals surface area (Å²) in [5.74, 6) is 0.517. The first-order chi connectivity index (χ1) is 9.79. The van der Waals surface area contributed by atoms with Gasteiger partial charge in [0.1, 0.15) is 0 Å². The third kappa shape index (κ3) is 4.89. The maximum atomic E-state index is 5.99. The summed E-state index contributed by atoms with van der Waals surface area (Å²) in [4.78, 5) is 0. The zero-order valence-corrected chi connectivity index (χ0v) is 12.7. The van der Waals surface area contributed by atoms with E-state index < -0.39 is 0 Å². The van der Waals surface area contributed by atoms with Gasteiger partial charge in [-0.2, -0.15) is 0 Å². The van der Waals surface area contributed by atoms with Gasteiger partial charge in [0.2, 0.25) is 0 Å². The fourth-order valence-corrected chi connectivity index (χ4v) is 2.89. The molecule has 3 atom stereocenters. The monoisotopic (exact) mass is 277 g/mol. The van der Waals surface area contributed by atoms with Crippen molar-refractivity contribution in [3.63, 3.8) is 0 Å². The second-order valence-corrected chi connectivity index (χ2v) is 5.69. The minimum atomic E-state index is 0.416. The highest BCUT2D eigenvalue weighted by Gasteiger charge is 2.25. The Kier molecular flexibility index (Phi) is 6.51. The van der Waals surface area contributed by atoms with E-state index in [1.54, 1.807) is 7.11 Å². The van der Waals surface area contributed by atoms with Crippen LogP contribution in [0.5, 0.6) is 0 Å². The molecule has 0 bridgehead atoms. The largest absolute Gasteiger partial charge is 0.383 e. The number of hydrogen-bond donors (Lipinski definition) is 1. The lowest BCUT2D eigenvalue weighted by Gasteiger charge is -2.22. The van der Waals surface area contributed by atoms with Crippen molar-refractivity contribution in [2.75, 3.05) is 26.8 Å². The smallest absolute Gasteiger partial charge is 0.0587 e. The van der Waals surface area contributed by atoms with Gasteiger partial charge >= 0.3 is 0 Å². The molecule has 1 saturated heterocycles. The second-order valence-electron chi connectivity index (χ2n) is 5.69. The Labute approximate surface area is 122 Å². The van der Waals surface area contributed by atoms with E-state index in [0.717, 1.165) is 26.1 Å². The molecule has 1 heterocycles. The van der Waals surface area contributed by atoms with Crippen LogP contribution in [-0.2, 0) is 9.47 Å². The van der Waals surface area contributed by atoms with Gasteiger partial charge in [-0.1, -0.05) is 30.3 Å². The zero-order valence-electron chi connectivity index (χ0n) is 12.7. The van der Waals surface area contributed by atoms with Gasteiger partial charge < -0.3 is 14.8 Å². The standard InChI is InChI=1S/C17H27NO2/c1-14-8-9-17(20-14)12-16(13-18-10-11-19-2)15-6-4-3-5-7-15/h3-7,14,16-18H,8-13H2,1-2H3. The predicted molar refractivity (Wildman–Crippen MR) is 82.1 cm³/mol. The Hall–Kier alpha value is -0.900. The Balaban J connectivity index is 1.89. The zero-order chi connectivity index (χ0) is 14.2. The molecule has 0 radical (unpaired) electrons. The van der Waals surface area contributed by atoms with Gasteiger partial charge in [0, 0.05) is 20.2 Å². The van der Waals surface area contributed by atoms with E-state index >= 15 is 0 Å².